The molecule has 0 fully saturated rings. The number of hydrogen-bond acceptors (Lipinski definition) is 1. The van der Waals surface area contributed by atoms with E-state index in [0.29, 0.717) is 33.4 Å². The summed E-state index contributed by atoms with van der Waals surface area (Å²) in [6.45, 7) is 3.44. The van der Waals surface area contributed by atoms with Crippen LogP contribution in [0.1, 0.15) is 27.3 Å². The Hall–Kier alpha value is -1.56. The minimum Gasteiger partial charge on any atom is -0.317 e. The highest BCUT2D eigenvalue weighted by Crippen LogP contribution is 2.34. The van der Waals surface area contributed by atoms with Crippen molar-refractivity contribution >= 4 is 22.2 Å². The first-order valence-corrected chi connectivity index (χ1v) is 6.56. The van der Waals surface area contributed by atoms with Gasteiger partial charge in [-0.2, -0.15) is 13.2 Å². The van der Waals surface area contributed by atoms with Gasteiger partial charge in [0.05, 0.1) is 11.3 Å². The lowest BCUT2D eigenvalue weighted by Gasteiger charge is -2.15. The van der Waals surface area contributed by atoms with Crippen molar-refractivity contribution in [3.8, 4) is 5.69 Å². The lowest BCUT2D eigenvalue weighted by Crippen LogP contribution is -2.08. The van der Waals surface area contributed by atoms with Crippen molar-refractivity contribution in [1.82, 2.24) is 4.57 Å². The molecule has 0 aliphatic carbocycles. The molecule has 0 aliphatic rings. The summed E-state index contributed by atoms with van der Waals surface area (Å²) in [6, 6.07) is 5.09. The van der Waals surface area contributed by atoms with E-state index in [9.17, 15) is 18.0 Å². The van der Waals surface area contributed by atoms with Crippen molar-refractivity contribution in [3.05, 3.63) is 51.3 Å². The predicted octanol–water partition coefficient (Wildman–Crippen LogP) is 4.69. The van der Waals surface area contributed by atoms with Crippen molar-refractivity contribution in [1.29, 1.82) is 0 Å². The minimum absolute atomic E-state index is 0.364. The molecule has 2 rings (SSSR count). The van der Waals surface area contributed by atoms with E-state index in [2.05, 4.69) is 15.9 Å². The highest BCUT2D eigenvalue weighted by atomic mass is 79.9. The van der Waals surface area contributed by atoms with Crippen molar-refractivity contribution in [3.63, 3.8) is 0 Å². The molecule has 0 saturated carbocycles. The van der Waals surface area contributed by atoms with Crippen LogP contribution >= 0.6 is 15.9 Å². The van der Waals surface area contributed by atoms with Crippen LogP contribution in [0.25, 0.3) is 5.69 Å². The first kappa shape index (κ1) is 14.8. The Bertz CT molecular complexity index is 674. The Morgan fingerprint density at radius 1 is 1.20 bits per heavy atom. The Morgan fingerprint density at radius 2 is 1.85 bits per heavy atom. The summed E-state index contributed by atoms with van der Waals surface area (Å²) < 4.78 is 40.6. The average molecular weight is 346 g/mol. The van der Waals surface area contributed by atoms with E-state index in [1.807, 2.05) is 0 Å². The van der Waals surface area contributed by atoms with Gasteiger partial charge in [0.25, 0.3) is 0 Å². The van der Waals surface area contributed by atoms with E-state index < -0.39 is 11.7 Å². The first-order valence-electron chi connectivity index (χ1n) is 5.77. The average Bonchev–Trinajstić information content (AvgIpc) is 2.64. The van der Waals surface area contributed by atoms with Crippen LogP contribution in [0.3, 0.4) is 0 Å². The molecule has 1 heterocycles. The molecule has 0 aliphatic heterocycles. The van der Waals surface area contributed by atoms with E-state index in [4.69, 9.17) is 0 Å². The molecule has 20 heavy (non-hydrogen) atoms. The number of carbonyl (C=O) groups is 1. The molecule has 2 aromatic rings. The summed E-state index contributed by atoms with van der Waals surface area (Å²) in [5.41, 5.74) is 1.41. The third-order valence-corrected chi connectivity index (χ3v) is 3.78. The third-order valence-electron chi connectivity index (χ3n) is 3.11. The molecule has 0 bridgehead atoms. The van der Waals surface area contributed by atoms with Gasteiger partial charge < -0.3 is 4.57 Å². The van der Waals surface area contributed by atoms with Crippen LogP contribution in [-0.2, 0) is 6.18 Å². The van der Waals surface area contributed by atoms with E-state index >= 15 is 0 Å². The van der Waals surface area contributed by atoms with Crippen molar-refractivity contribution in [2.75, 3.05) is 0 Å². The number of hydrogen-bond donors (Lipinski definition) is 0. The van der Waals surface area contributed by atoms with Crippen LogP contribution in [-0.4, -0.2) is 10.9 Å². The quantitative estimate of drug-likeness (QED) is 0.724. The van der Waals surface area contributed by atoms with Gasteiger partial charge in [-0.25, -0.2) is 0 Å². The molecule has 0 atom stereocenters. The molecular formula is C14H11BrF3NO. The highest BCUT2D eigenvalue weighted by molar-refractivity contribution is 9.10. The van der Waals surface area contributed by atoms with E-state index in [1.54, 1.807) is 24.5 Å². The maximum absolute atomic E-state index is 12.8. The summed E-state index contributed by atoms with van der Waals surface area (Å²) in [5.74, 6) is 0. The Kier molecular flexibility index (Phi) is 3.77. The summed E-state index contributed by atoms with van der Waals surface area (Å²) in [7, 11) is 0. The van der Waals surface area contributed by atoms with Crippen LogP contribution in [0.5, 0.6) is 0 Å². The van der Waals surface area contributed by atoms with Gasteiger partial charge in [-0.1, -0.05) is 0 Å². The SMILES string of the molecule is Cc1cc(C=O)c(C)n1-c1cc(C(F)(F)F)ccc1Br. The number of nitrogens with zero attached hydrogens (tertiary/aromatic N) is 1. The number of alkyl halides is 3. The smallest absolute Gasteiger partial charge is 0.317 e. The monoisotopic (exact) mass is 345 g/mol. The standard InChI is InChI=1S/C14H11BrF3NO/c1-8-5-10(7-20)9(2)19(8)13-6-11(14(16,17)18)3-4-12(13)15/h3-7H,1-2H3. The molecule has 0 N–H and O–H groups in total. The van der Waals surface area contributed by atoms with E-state index in [-0.39, 0.29) is 0 Å². The molecule has 0 spiro atoms. The first-order chi connectivity index (χ1) is 9.25. The molecule has 106 valence electrons. The van der Waals surface area contributed by atoms with Crippen molar-refractivity contribution in [2.24, 2.45) is 0 Å². The normalized spacial score (nSPS) is 11.7. The van der Waals surface area contributed by atoms with Crippen molar-refractivity contribution in [2.45, 2.75) is 20.0 Å². The fourth-order valence-corrected chi connectivity index (χ4v) is 2.56. The van der Waals surface area contributed by atoms with Gasteiger partial charge in [-0.15, -0.1) is 0 Å². The summed E-state index contributed by atoms with van der Waals surface area (Å²) >= 11 is 3.26. The second-order valence-corrected chi connectivity index (χ2v) is 5.30. The Balaban J connectivity index is 2.70. The lowest BCUT2D eigenvalue weighted by molar-refractivity contribution is -0.137. The van der Waals surface area contributed by atoms with Crippen LogP contribution < -0.4 is 0 Å². The lowest BCUT2D eigenvalue weighted by atomic mass is 10.2. The zero-order valence-electron chi connectivity index (χ0n) is 10.8. The molecule has 0 saturated heterocycles. The number of halogens is 4. The second-order valence-electron chi connectivity index (χ2n) is 4.44. The van der Waals surface area contributed by atoms with Gasteiger partial charge in [0.15, 0.2) is 6.29 Å². The van der Waals surface area contributed by atoms with Gasteiger partial charge in [-0.3, -0.25) is 4.79 Å². The predicted molar refractivity (Wildman–Crippen MR) is 73.3 cm³/mol. The second kappa shape index (κ2) is 5.09. The van der Waals surface area contributed by atoms with E-state index in [1.165, 1.54) is 6.07 Å². The Morgan fingerprint density at radius 3 is 2.35 bits per heavy atom. The van der Waals surface area contributed by atoms with Gasteiger partial charge in [0, 0.05) is 21.4 Å². The number of aryl methyl sites for hydroxylation is 1. The molecule has 1 aromatic heterocycles. The number of benzene rings is 1. The third kappa shape index (κ3) is 2.52. The van der Waals surface area contributed by atoms with Crippen LogP contribution in [0.4, 0.5) is 13.2 Å². The number of aromatic nitrogens is 1. The van der Waals surface area contributed by atoms with Gasteiger partial charge in [0.2, 0.25) is 0 Å². The fraction of sp³-hybridized carbons (Fsp3) is 0.214. The highest BCUT2D eigenvalue weighted by Gasteiger charge is 2.31. The largest absolute Gasteiger partial charge is 0.416 e. The van der Waals surface area contributed by atoms with Gasteiger partial charge in [0.1, 0.15) is 0 Å². The van der Waals surface area contributed by atoms with Crippen LogP contribution in [0.2, 0.25) is 0 Å². The molecule has 0 radical (unpaired) electrons. The minimum atomic E-state index is -4.40. The van der Waals surface area contributed by atoms with Gasteiger partial charge >= 0.3 is 6.18 Å². The van der Waals surface area contributed by atoms with Crippen LogP contribution in [0, 0.1) is 13.8 Å². The molecular weight excluding hydrogens is 335 g/mol. The van der Waals surface area contributed by atoms with Crippen molar-refractivity contribution < 1.29 is 18.0 Å². The summed E-state index contributed by atoms with van der Waals surface area (Å²) in [6.07, 6.45) is -3.71. The zero-order valence-corrected chi connectivity index (χ0v) is 12.3. The molecule has 6 heteroatoms. The molecule has 0 amide bonds. The summed E-state index contributed by atoms with van der Waals surface area (Å²) in [5, 5.41) is 0. The van der Waals surface area contributed by atoms with Crippen LogP contribution in [0.15, 0.2) is 28.7 Å². The van der Waals surface area contributed by atoms with E-state index in [0.717, 1.165) is 12.1 Å². The topological polar surface area (TPSA) is 22.0 Å². The number of carbonyl (C=O) groups excluding carboxylic acids is 1. The fourth-order valence-electron chi connectivity index (χ4n) is 2.14. The molecule has 0 unspecified atom stereocenters. The molecule has 1 aromatic carbocycles. The van der Waals surface area contributed by atoms with Gasteiger partial charge in [-0.05, 0) is 54.0 Å². The maximum atomic E-state index is 12.8. The summed E-state index contributed by atoms with van der Waals surface area (Å²) in [4.78, 5) is 10.9. The number of rotatable bonds is 2. The molecule has 2 nitrogen and oxygen atoms in total. The number of aldehydes is 1. The zero-order chi connectivity index (χ0) is 15.1. The Labute approximate surface area is 122 Å². The maximum Gasteiger partial charge on any atom is 0.416 e.